The third-order valence-corrected chi connectivity index (χ3v) is 4.37. The molecule has 0 aliphatic carbocycles. The Morgan fingerprint density at radius 1 is 1.11 bits per heavy atom. The molecule has 0 bridgehead atoms. The Balaban J connectivity index is 1.47. The summed E-state index contributed by atoms with van der Waals surface area (Å²) in [5.41, 5.74) is 2.92. The number of rotatable bonds is 8. The van der Waals surface area contributed by atoms with Crippen molar-refractivity contribution in [2.24, 2.45) is 0 Å². The van der Waals surface area contributed by atoms with E-state index < -0.39 is 0 Å². The van der Waals surface area contributed by atoms with Crippen LogP contribution in [0.2, 0.25) is 0 Å². The fourth-order valence-electron chi connectivity index (χ4n) is 2.86. The third-order valence-electron chi connectivity index (χ3n) is 4.37. The Morgan fingerprint density at radius 2 is 1.93 bits per heavy atom. The summed E-state index contributed by atoms with van der Waals surface area (Å²) >= 11 is 0. The molecule has 0 saturated carbocycles. The van der Waals surface area contributed by atoms with Gasteiger partial charge in [0, 0.05) is 24.9 Å². The van der Waals surface area contributed by atoms with Gasteiger partial charge in [-0.05, 0) is 43.2 Å². The van der Waals surface area contributed by atoms with Crippen LogP contribution in [0.3, 0.4) is 0 Å². The lowest BCUT2D eigenvalue weighted by Crippen LogP contribution is -2.26. The third kappa shape index (κ3) is 5.20. The van der Waals surface area contributed by atoms with Crippen LogP contribution in [0.15, 0.2) is 59.0 Å². The molecule has 0 fully saturated rings. The van der Waals surface area contributed by atoms with Crippen LogP contribution in [0.25, 0.3) is 11.5 Å². The normalized spacial score (nSPS) is 10.6. The molecule has 5 nitrogen and oxygen atoms in total. The minimum Gasteiger partial charge on any atom is -0.497 e. The summed E-state index contributed by atoms with van der Waals surface area (Å²) in [5.74, 6) is 2.25. The zero-order valence-electron chi connectivity index (χ0n) is 15.7. The molecule has 0 unspecified atom stereocenters. The maximum absolute atomic E-state index is 12.1. The summed E-state index contributed by atoms with van der Waals surface area (Å²) in [7, 11) is 1.64. The van der Waals surface area contributed by atoms with Crippen LogP contribution in [-0.2, 0) is 17.6 Å². The van der Waals surface area contributed by atoms with E-state index >= 15 is 0 Å². The van der Waals surface area contributed by atoms with Gasteiger partial charge in [0.1, 0.15) is 11.5 Å². The predicted octanol–water partition coefficient (Wildman–Crippen LogP) is 3.95. The van der Waals surface area contributed by atoms with E-state index in [1.165, 1.54) is 0 Å². The maximum Gasteiger partial charge on any atom is 0.226 e. The number of benzene rings is 2. The molecule has 3 aromatic rings. The number of hydrogen-bond donors (Lipinski definition) is 1. The number of hydrogen-bond acceptors (Lipinski definition) is 4. The van der Waals surface area contributed by atoms with Gasteiger partial charge < -0.3 is 14.5 Å². The molecule has 1 amide bonds. The number of nitrogens with zero attached hydrogens (tertiary/aromatic N) is 1. The SMILES string of the molecule is COc1cccc(CCC(=O)NCCc2nc(-c3ccccc3)oc2C)c1. The number of ether oxygens (including phenoxy) is 1. The van der Waals surface area contributed by atoms with E-state index in [2.05, 4.69) is 10.3 Å². The van der Waals surface area contributed by atoms with Crippen molar-refractivity contribution in [3.8, 4) is 17.2 Å². The van der Waals surface area contributed by atoms with E-state index in [4.69, 9.17) is 9.15 Å². The molecular weight excluding hydrogens is 340 g/mol. The second-order valence-electron chi connectivity index (χ2n) is 6.34. The number of aromatic nitrogens is 1. The van der Waals surface area contributed by atoms with Crippen LogP contribution in [-0.4, -0.2) is 24.5 Å². The van der Waals surface area contributed by atoms with Gasteiger partial charge in [-0.25, -0.2) is 4.98 Å². The lowest BCUT2D eigenvalue weighted by atomic mass is 10.1. The average Bonchev–Trinajstić information content (AvgIpc) is 3.08. The first kappa shape index (κ1) is 18.7. The van der Waals surface area contributed by atoms with E-state index in [-0.39, 0.29) is 5.91 Å². The van der Waals surface area contributed by atoms with Crippen LogP contribution in [0.1, 0.15) is 23.4 Å². The van der Waals surface area contributed by atoms with Crippen LogP contribution in [0.4, 0.5) is 0 Å². The predicted molar refractivity (Wildman–Crippen MR) is 105 cm³/mol. The number of amides is 1. The second-order valence-corrected chi connectivity index (χ2v) is 6.34. The summed E-state index contributed by atoms with van der Waals surface area (Å²) in [5, 5.41) is 2.95. The maximum atomic E-state index is 12.1. The zero-order valence-corrected chi connectivity index (χ0v) is 15.7. The van der Waals surface area contributed by atoms with Crippen molar-refractivity contribution in [3.63, 3.8) is 0 Å². The highest BCUT2D eigenvalue weighted by Crippen LogP contribution is 2.21. The van der Waals surface area contributed by atoms with Crippen LogP contribution < -0.4 is 10.1 Å². The van der Waals surface area contributed by atoms with Crippen molar-refractivity contribution in [2.75, 3.05) is 13.7 Å². The molecule has 0 spiro atoms. The topological polar surface area (TPSA) is 64.4 Å². The molecule has 1 aromatic heterocycles. The van der Waals surface area contributed by atoms with Crippen molar-refractivity contribution in [3.05, 3.63) is 71.6 Å². The monoisotopic (exact) mass is 364 g/mol. The number of oxazole rings is 1. The molecule has 1 heterocycles. The molecule has 0 saturated heterocycles. The number of carbonyl (C=O) groups is 1. The first-order valence-corrected chi connectivity index (χ1v) is 9.07. The fraction of sp³-hybridized carbons (Fsp3) is 0.273. The summed E-state index contributed by atoms with van der Waals surface area (Å²) in [6, 6.07) is 17.6. The first-order chi connectivity index (χ1) is 13.2. The van der Waals surface area contributed by atoms with Gasteiger partial charge in [0.05, 0.1) is 12.8 Å². The molecule has 140 valence electrons. The molecule has 0 radical (unpaired) electrons. The van der Waals surface area contributed by atoms with Crippen LogP contribution >= 0.6 is 0 Å². The zero-order chi connectivity index (χ0) is 19.1. The summed E-state index contributed by atoms with van der Waals surface area (Å²) in [4.78, 5) is 16.6. The quantitative estimate of drug-likeness (QED) is 0.657. The smallest absolute Gasteiger partial charge is 0.226 e. The van der Waals surface area contributed by atoms with Gasteiger partial charge >= 0.3 is 0 Å². The highest BCUT2D eigenvalue weighted by molar-refractivity contribution is 5.76. The Kier molecular flexibility index (Phi) is 6.26. The summed E-state index contributed by atoms with van der Waals surface area (Å²) in [6.45, 7) is 2.44. The average molecular weight is 364 g/mol. The Bertz CT molecular complexity index is 888. The van der Waals surface area contributed by atoms with Crippen molar-refractivity contribution < 1.29 is 13.9 Å². The Morgan fingerprint density at radius 3 is 2.70 bits per heavy atom. The van der Waals surface area contributed by atoms with E-state index in [1.807, 2.05) is 61.5 Å². The lowest BCUT2D eigenvalue weighted by molar-refractivity contribution is -0.121. The number of carbonyl (C=O) groups excluding carboxylic acids is 1. The molecule has 3 rings (SSSR count). The highest BCUT2D eigenvalue weighted by Gasteiger charge is 2.11. The van der Waals surface area contributed by atoms with Gasteiger partial charge in [0.2, 0.25) is 11.8 Å². The standard InChI is InChI=1S/C22H24N2O3/c1-16-20(24-22(27-16)18-8-4-3-5-9-18)13-14-23-21(25)12-11-17-7-6-10-19(15-17)26-2/h3-10,15H,11-14H2,1-2H3,(H,23,25). The minimum atomic E-state index is 0.0299. The molecule has 0 aliphatic rings. The molecular formula is C22H24N2O3. The van der Waals surface area contributed by atoms with Gasteiger partial charge in [0.25, 0.3) is 0 Å². The van der Waals surface area contributed by atoms with E-state index in [0.717, 1.165) is 28.3 Å². The van der Waals surface area contributed by atoms with Gasteiger partial charge in [-0.15, -0.1) is 0 Å². The highest BCUT2D eigenvalue weighted by atomic mass is 16.5. The first-order valence-electron chi connectivity index (χ1n) is 9.07. The minimum absolute atomic E-state index is 0.0299. The molecule has 0 atom stereocenters. The van der Waals surface area contributed by atoms with Gasteiger partial charge in [-0.1, -0.05) is 30.3 Å². The van der Waals surface area contributed by atoms with E-state index in [1.54, 1.807) is 7.11 Å². The van der Waals surface area contributed by atoms with Crippen molar-refractivity contribution >= 4 is 5.91 Å². The number of nitrogens with one attached hydrogen (secondary N) is 1. The van der Waals surface area contributed by atoms with Gasteiger partial charge in [-0.2, -0.15) is 0 Å². The molecule has 0 aliphatic heterocycles. The molecule has 1 N–H and O–H groups in total. The molecule has 27 heavy (non-hydrogen) atoms. The van der Waals surface area contributed by atoms with Crippen LogP contribution in [0, 0.1) is 6.92 Å². The molecule has 5 heteroatoms. The van der Waals surface area contributed by atoms with E-state index in [9.17, 15) is 4.79 Å². The molecule has 2 aromatic carbocycles. The van der Waals surface area contributed by atoms with E-state index in [0.29, 0.717) is 31.7 Å². The summed E-state index contributed by atoms with van der Waals surface area (Å²) < 4.78 is 11.0. The Hall–Kier alpha value is -3.08. The number of aryl methyl sites for hydroxylation is 2. The van der Waals surface area contributed by atoms with Crippen molar-refractivity contribution in [1.29, 1.82) is 0 Å². The van der Waals surface area contributed by atoms with Gasteiger partial charge in [0.15, 0.2) is 0 Å². The van der Waals surface area contributed by atoms with Crippen molar-refractivity contribution in [1.82, 2.24) is 10.3 Å². The van der Waals surface area contributed by atoms with Gasteiger partial charge in [-0.3, -0.25) is 4.79 Å². The number of methoxy groups -OCH3 is 1. The van der Waals surface area contributed by atoms with Crippen LogP contribution in [0.5, 0.6) is 5.75 Å². The van der Waals surface area contributed by atoms with Crippen molar-refractivity contribution in [2.45, 2.75) is 26.2 Å². The fourth-order valence-corrected chi connectivity index (χ4v) is 2.86. The Labute approximate surface area is 159 Å². The largest absolute Gasteiger partial charge is 0.497 e. The second kappa shape index (κ2) is 9.03. The lowest BCUT2D eigenvalue weighted by Gasteiger charge is -2.06. The summed E-state index contributed by atoms with van der Waals surface area (Å²) in [6.07, 6.45) is 1.78.